The minimum absolute atomic E-state index is 0.335. The largest absolute Gasteiger partial charge is 0.466 e. The number of hydrogen-bond donors (Lipinski definition) is 0. The molecule has 1 atom stereocenters. The molecular formula is C22H24ClNO2. The summed E-state index contributed by atoms with van der Waals surface area (Å²) in [5.41, 5.74) is 3.67. The van der Waals surface area contributed by atoms with Crippen LogP contribution in [0.5, 0.6) is 0 Å². The van der Waals surface area contributed by atoms with E-state index in [1.54, 1.807) is 6.08 Å². The highest BCUT2D eigenvalue weighted by molar-refractivity contribution is 6.30. The second-order valence-corrected chi connectivity index (χ2v) is 7.03. The lowest BCUT2D eigenvalue weighted by molar-refractivity contribution is -0.134. The monoisotopic (exact) mass is 369 g/mol. The van der Waals surface area contributed by atoms with Gasteiger partial charge in [0.05, 0.1) is 7.11 Å². The molecule has 2 aromatic carbocycles. The first-order chi connectivity index (χ1) is 12.7. The van der Waals surface area contributed by atoms with Gasteiger partial charge in [0.15, 0.2) is 0 Å². The summed E-state index contributed by atoms with van der Waals surface area (Å²) in [5.74, 6) is -0.335. The summed E-state index contributed by atoms with van der Waals surface area (Å²) in [7, 11) is 1.38. The first-order valence-corrected chi connectivity index (χ1v) is 9.38. The van der Waals surface area contributed by atoms with E-state index < -0.39 is 0 Å². The predicted molar refractivity (Wildman–Crippen MR) is 106 cm³/mol. The molecule has 0 N–H and O–H groups in total. The minimum atomic E-state index is -0.335. The normalized spacial score (nSPS) is 17.7. The molecule has 1 aliphatic heterocycles. The van der Waals surface area contributed by atoms with E-state index in [0.717, 1.165) is 30.1 Å². The van der Waals surface area contributed by atoms with Gasteiger partial charge in [-0.05, 0) is 60.7 Å². The number of methoxy groups -OCH3 is 1. The first-order valence-electron chi connectivity index (χ1n) is 9.00. The van der Waals surface area contributed by atoms with Gasteiger partial charge in [-0.15, -0.1) is 0 Å². The second-order valence-electron chi connectivity index (χ2n) is 6.59. The Morgan fingerprint density at radius 2 is 1.92 bits per heavy atom. The summed E-state index contributed by atoms with van der Waals surface area (Å²) in [4.78, 5) is 13.8. The fraction of sp³-hybridized carbons (Fsp3) is 0.318. The van der Waals surface area contributed by atoms with Crippen LogP contribution < -0.4 is 0 Å². The van der Waals surface area contributed by atoms with Crippen molar-refractivity contribution in [3.05, 3.63) is 76.3 Å². The van der Waals surface area contributed by atoms with E-state index in [0.29, 0.717) is 6.04 Å². The Morgan fingerprint density at radius 1 is 1.19 bits per heavy atom. The maximum Gasteiger partial charge on any atom is 0.330 e. The highest BCUT2D eigenvalue weighted by atomic mass is 35.5. The molecule has 0 aliphatic carbocycles. The lowest BCUT2D eigenvalue weighted by Gasteiger charge is -2.25. The van der Waals surface area contributed by atoms with Crippen molar-refractivity contribution in [2.45, 2.75) is 25.3 Å². The van der Waals surface area contributed by atoms with Crippen molar-refractivity contribution in [1.82, 2.24) is 4.90 Å². The highest BCUT2D eigenvalue weighted by Gasteiger charge is 2.25. The molecule has 1 heterocycles. The van der Waals surface area contributed by atoms with E-state index >= 15 is 0 Å². The van der Waals surface area contributed by atoms with Crippen LogP contribution >= 0.6 is 11.6 Å². The lowest BCUT2D eigenvalue weighted by Crippen LogP contribution is -2.25. The van der Waals surface area contributed by atoms with Crippen molar-refractivity contribution in [1.29, 1.82) is 0 Å². The Morgan fingerprint density at radius 3 is 2.62 bits per heavy atom. The van der Waals surface area contributed by atoms with E-state index in [1.807, 2.05) is 12.1 Å². The number of carbonyl (C=O) groups excluding carboxylic acids is 1. The van der Waals surface area contributed by atoms with Crippen LogP contribution in [0.4, 0.5) is 0 Å². The van der Waals surface area contributed by atoms with Crippen molar-refractivity contribution in [2.24, 2.45) is 0 Å². The standard InChI is InChI=1S/C22H24ClNO2/c1-26-22(25)13-8-17-4-9-19(10-5-17)21-3-2-15-24(21)16-14-18-6-11-20(23)12-7-18/h4-13,21H,2-3,14-16H2,1H3. The average Bonchev–Trinajstić information content (AvgIpc) is 3.14. The molecule has 136 valence electrons. The number of nitrogens with zero attached hydrogens (tertiary/aromatic N) is 1. The topological polar surface area (TPSA) is 29.5 Å². The van der Waals surface area contributed by atoms with Crippen molar-refractivity contribution in [3.8, 4) is 0 Å². The van der Waals surface area contributed by atoms with Gasteiger partial charge in [-0.1, -0.05) is 48.0 Å². The maximum atomic E-state index is 11.2. The molecule has 1 fully saturated rings. The number of ether oxygens (including phenoxy) is 1. The zero-order chi connectivity index (χ0) is 18.4. The van der Waals surface area contributed by atoms with Crippen LogP contribution in [0.15, 0.2) is 54.6 Å². The van der Waals surface area contributed by atoms with Crippen molar-refractivity contribution in [2.75, 3.05) is 20.2 Å². The van der Waals surface area contributed by atoms with Crippen LogP contribution in [0.1, 0.15) is 35.6 Å². The third kappa shape index (κ3) is 4.96. The van der Waals surface area contributed by atoms with Crippen molar-refractivity contribution in [3.63, 3.8) is 0 Å². The molecule has 0 spiro atoms. The Balaban J connectivity index is 1.61. The second kappa shape index (κ2) is 9.02. The molecular weight excluding hydrogens is 346 g/mol. The molecule has 3 nitrogen and oxygen atoms in total. The number of benzene rings is 2. The quantitative estimate of drug-likeness (QED) is 0.535. The smallest absolute Gasteiger partial charge is 0.330 e. The molecule has 0 saturated carbocycles. The molecule has 0 radical (unpaired) electrons. The van der Waals surface area contributed by atoms with Gasteiger partial charge >= 0.3 is 5.97 Å². The van der Waals surface area contributed by atoms with E-state index in [4.69, 9.17) is 11.6 Å². The molecule has 0 bridgehead atoms. The molecule has 0 aromatic heterocycles. The Hall–Kier alpha value is -2.10. The van der Waals surface area contributed by atoms with Crippen LogP contribution in [0, 0.1) is 0 Å². The SMILES string of the molecule is COC(=O)C=Cc1ccc(C2CCCN2CCc2ccc(Cl)cc2)cc1. The van der Waals surface area contributed by atoms with Gasteiger partial charge in [-0.25, -0.2) is 4.79 Å². The van der Waals surface area contributed by atoms with E-state index in [-0.39, 0.29) is 5.97 Å². The first kappa shape index (κ1) is 18.7. The zero-order valence-electron chi connectivity index (χ0n) is 15.0. The van der Waals surface area contributed by atoms with Gasteiger partial charge in [0.1, 0.15) is 0 Å². The van der Waals surface area contributed by atoms with Gasteiger partial charge < -0.3 is 4.74 Å². The van der Waals surface area contributed by atoms with Crippen LogP contribution in [-0.4, -0.2) is 31.1 Å². The summed E-state index contributed by atoms with van der Waals surface area (Å²) in [5, 5.41) is 0.786. The lowest BCUT2D eigenvalue weighted by atomic mass is 10.0. The molecule has 1 aliphatic rings. The fourth-order valence-electron chi connectivity index (χ4n) is 3.46. The maximum absolute atomic E-state index is 11.2. The number of halogens is 1. The summed E-state index contributed by atoms with van der Waals surface area (Å²) in [6.45, 7) is 2.19. The van der Waals surface area contributed by atoms with Gasteiger partial charge in [-0.2, -0.15) is 0 Å². The minimum Gasteiger partial charge on any atom is -0.466 e. The summed E-state index contributed by atoms with van der Waals surface area (Å²) in [6.07, 6.45) is 6.69. The summed E-state index contributed by atoms with van der Waals surface area (Å²) < 4.78 is 4.62. The van der Waals surface area contributed by atoms with Crippen molar-refractivity contribution < 1.29 is 9.53 Å². The number of esters is 1. The van der Waals surface area contributed by atoms with Crippen LogP contribution in [0.25, 0.3) is 6.08 Å². The predicted octanol–water partition coefficient (Wildman–Crippen LogP) is 4.91. The van der Waals surface area contributed by atoms with Gasteiger partial charge in [0, 0.05) is 23.7 Å². The highest BCUT2D eigenvalue weighted by Crippen LogP contribution is 2.32. The summed E-state index contributed by atoms with van der Waals surface area (Å²) >= 11 is 5.96. The number of carbonyl (C=O) groups is 1. The van der Waals surface area contributed by atoms with Crippen LogP contribution in [0.3, 0.4) is 0 Å². The molecule has 2 aromatic rings. The third-order valence-corrected chi connectivity index (χ3v) is 5.15. The molecule has 1 saturated heterocycles. The van der Waals surface area contributed by atoms with Gasteiger partial charge in [0.25, 0.3) is 0 Å². The Bertz CT molecular complexity index is 753. The van der Waals surface area contributed by atoms with Gasteiger partial charge in [-0.3, -0.25) is 4.90 Å². The van der Waals surface area contributed by atoms with Crippen LogP contribution in [0.2, 0.25) is 5.02 Å². The fourth-order valence-corrected chi connectivity index (χ4v) is 3.58. The van der Waals surface area contributed by atoms with Gasteiger partial charge in [0.2, 0.25) is 0 Å². The van der Waals surface area contributed by atoms with E-state index in [2.05, 4.69) is 46.0 Å². The molecule has 26 heavy (non-hydrogen) atoms. The average molecular weight is 370 g/mol. The van der Waals surface area contributed by atoms with E-state index in [9.17, 15) is 4.79 Å². The summed E-state index contributed by atoms with van der Waals surface area (Å²) in [6, 6.07) is 17.1. The third-order valence-electron chi connectivity index (χ3n) is 4.90. The molecule has 0 amide bonds. The molecule has 4 heteroatoms. The van der Waals surface area contributed by atoms with E-state index in [1.165, 1.54) is 37.2 Å². The number of likely N-dealkylation sites (tertiary alicyclic amines) is 1. The Kier molecular flexibility index (Phi) is 6.48. The Labute approximate surface area is 160 Å². The zero-order valence-corrected chi connectivity index (χ0v) is 15.8. The molecule has 3 rings (SSSR count). The van der Waals surface area contributed by atoms with Crippen molar-refractivity contribution >= 4 is 23.6 Å². The van der Waals surface area contributed by atoms with Crippen LogP contribution in [-0.2, 0) is 16.0 Å². The molecule has 1 unspecified atom stereocenters. The number of hydrogen-bond acceptors (Lipinski definition) is 3. The number of rotatable bonds is 6.